The van der Waals surface area contributed by atoms with Gasteiger partial charge in [0, 0.05) is 43.7 Å². The molecule has 0 unspecified atom stereocenters. The Balaban J connectivity index is 1.33. The number of halogens is 2. The molecule has 1 aliphatic rings. The molecule has 2 heterocycles. The van der Waals surface area contributed by atoms with Crippen LogP contribution in [-0.2, 0) is 6.54 Å². The molecule has 0 atom stereocenters. The number of carbonyl (C=O) groups excluding carboxylic acids is 1. The van der Waals surface area contributed by atoms with E-state index in [0.29, 0.717) is 32.0 Å². The molecule has 0 saturated carbocycles. The number of thiophene rings is 1. The van der Waals surface area contributed by atoms with Gasteiger partial charge in [-0.3, -0.25) is 4.90 Å². The van der Waals surface area contributed by atoms with Crippen molar-refractivity contribution in [2.24, 2.45) is 0 Å². The average molecular weight is 398 g/mol. The number of nitrogens with zero attached hydrogens (tertiary/aromatic N) is 2. The molecule has 1 saturated heterocycles. The molecule has 0 aliphatic carbocycles. The summed E-state index contributed by atoms with van der Waals surface area (Å²) in [5.74, 6) is 0.121. The van der Waals surface area contributed by atoms with Gasteiger partial charge in [-0.15, -0.1) is 11.3 Å². The monoisotopic (exact) mass is 397 g/mol. The minimum atomic E-state index is -0.339. The summed E-state index contributed by atoms with van der Waals surface area (Å²) in [6.45, 7) is 4.60. The number of ether oxygens (including phenoxy) is 1. The Hall–Kier alpha value is -1.83. The lowest BCUT2D eigenvalue weighted by atomic mass is 10.3. The minimum Gasteiger partial charge on any atom is -0.492 e. The molecule has 1 N–H and O–H groups in total. The van der Waals surface area contributed by atoms with E-state index in [1.807, 2.05) is 12.1 Å². The highest BCUT2D eigenvalue weighted by molar-refractivity contribution is 7.16. The van der Waals surface area contributed by atoms with Gasteiger partial charge in [0.1, 0.15) is 18.2 Å². The molecule has 0 spiro atoms. The molecule has 1 aromatic carbocycles. The summed E-state index contributed by atoms with van der Waals surface area (Å²) in [6, 6.07) is 9.83. The molecule has 5 nitrogen and oxygen atoms in total. The molecule has 140 valence electrons. The van der Waals surface area contributed by atoms with Gasteiger partial charge in [0.15, 0.2) is 0 Å². The number of rotatable bonds is 6. The van der Waals surface area contributed by atoms with Gasteiger partial charge < -0.3 is 15.0 Å². The van der Waals surface area contributed by atoms with Crippen molar-refractivity contribution in [1.29, 1.82) is 0 Å². The Morgan fingerprint density at radius 3 is 2.73 bits per heavy atom. The van der Waals surface area contributed by atoms with Crippen molar-refractivity contribution in [2.45, 2.75) is 6.54 Å². The molecular formula is C18H21ClFN3O2S. The largest absolute Gasteiger partial charge is 0.492 e. The van der Waals surface area contributed by atoms with Crippen LogP contribution in [0, 0.1) is 5.82 Å². The Morgan fingerprint density at radius 1 is 1.23 bits per heavy atom. The van der Waals surface area contributed by atoms with Gasteiger partial charge in [0.25, 0.3) is 0 Å². The number of amides is 2. The maximum Gasteiger partial charge on any atom is 0.317 e. The Bertz CT molecular complexity index is 735. The molecule has 0 bridgehead atoms. The first-order valence-electron chi connectivity index (χ1n) is 8.48. The zero-order valence-corrected chi connectivity index (χ0v) is 15.9. The van der Waals surface area contributed by atoms with Gasteiger partial charge in [0.05, 0.1) is 10.9 Å². The summed E-state index contributed by atoms with van der Waals surface area (Å²) in [4.78, 5) is 17.6. The Morgan fingerprint density at radius 2 is 2.04 bits per heavy atom. The van der Waals surface area contributed by atoms with Crippen molar-refractivity contribution in [2.75, 3.05) is 39.3 Å². The van der Waals surface area contributed by atoms with Crippen molar-refractivity contribution >= 4 is 29.0 Å². The van der Waals surface area contributed by atoms with Crippen LogP contribution in [0.5, 0.6) is 5.75 Å². The standard InChI is InChI=1S/C18H21ClFN3O2S/c19-17-5-4-16(26-17)13-22-7-9-23(10-8-22)18(24)21-6-11-25-15-3-1-2-14(20)12-15/h1-5,12H,6-11,13H2,(H,21,24). The second kappa shape index (κ2) is 9.21. The van der Waals surface area contributed by atoms with Crippen molar-refractivity contribution in [1.82, 2.24) is 15.1 Å². The summed E-state index contributed by atoms with van der Waals surface area (Å²) in [5.41, 5.74) is 0. The summed E-state index contributed by atoms with van der Waals surface area (Å²) in [7, 11) is 0. The molecule has 2 aromatic rings. The number of benzene rings is 1. The van der Waals surface area contributed by atoms with Crippen LogP contribution in [0.25, 0.3) is 0 Å². The Labute approximate surface area is 161 Å². The van der Waals surface area contributed by atoms with Crippen LogP contribution in [0.15, 0.2) is 36.4 Å². The van der Waals surface area contributed by atoms with E-state index < -0.39 is 0 Å². The topological polar surface area (TPSA) is 44.8 Å². The van der Waals surface area contributed by atoms with Crippen LogP contribution in [0.1, 0.15) is 4.88 Å². The van der Waals surface area contributed by atoms with Crippen LogP contribution < -0.4 is 10.1 Å². The first kappa shape index (κ1) is 18.9. The number of hydrogen-bond donors (Lipinski definition) is 1. The number of piperazine rings is 1. The number of hydrogen-bond acceptors (Lipinski definition) is 4. The van der Waals surface area contributed by atoms with E-state index in [9.17, 15) is 9.18 Å². The molecule has 8 heteroatoms. The van der Waals surface area contributed by atoms with E-state index in [1.54, 1.807) is 28.4 Å². The van der Waals surface area contributed by atoms with Crippen molar-refractivity contribution < 1.29 is 13.9 Å². The van der Waals surface area contributed by atoms with E-state index in [1.165, 1.54) is 17.0 Å². The molecule has 1 aromatic heterocycles. The second-order valence-electron chi connectivity index (χ2n) is 6.01. The van der Waals surface area contributed by atoms with E-state index in [2.05, 4.69) is 10.2 Å². The van der Waals surface area contributed by atoms with Gasteiger partial charge >= 0.3 is 6.03 Å². The van der Waals surface area contributed by atoms with Gasteiger partial charge in [0.2, 0.25) is 0 Å². The predicted molar refractivity (Wildman–Crippen MR) is 101 cm³/mol. The van der Waals surface area contributed by atoms with Gasteiger partial charge in [-0.05, 0) is 24.3 Å². The third-order valence-electron chi connectivity index (χ3n) is 4.11. The molecule has 1 fully saturated rings. The highest BCUT2D eigenvalue weighted by atomic mass is 35.5. The molecule has 3 rings (SSSR count). The highest BCUT2D eigenvalue weighted by Gasteiger charge is 2.21. The first-order chi connectivity index (χ1) is 12.6. The van der Waals surface area contributed by atoms with E-state index in [0.717, 1.165) is 24.0 Å². The van der Waals surface area contributed by atoms with Crippen molar-refractivity contribution in [3.05, 3.63) is 51.4 Å². The lowest BCUT2D eigenvalue weighted by molar-refractivity contribution is 0.135. The normalized spacial score (nSPS) is 15.1. The fourth-order valence-corrected chi connectivity index (χ4v) is 3.89. The van der Waals surface area contributed by atoms with E-state index in [4.69, 9.17) is 16.3 Å². The zero-order valence-electron chi connectivity index (χ0n) is 14.3. The van der Waals surface area contributed by atoms with Gasteiger partial charge in [-0.2, -0.15) is 0 Å². The summed E-state index contributed by atoms with van der Waals surface area (Å²) < 4.78 is 19.3. The lowest BCUT2D eigenvalue weighted by Crippen LogP contribution is -2.51. The van der Waals surface area contributed by atoms with Crippen molar-refractivity contribution in [3.63, 3.8) is 0 Å². The highest BCUT2D eigenvalue weighted by Crippen LogP contribution is 2.23. The van der Waals surface area contributed by atoms with E-state index >= 15 is 0 Å². The second-order valence-corrected chi connectivity index (χ2v) is 7.81. The van der Waals surface area contributed by atoms with Crippen LogP contribution in [0.3, 0.4) is 0 Å². The minimum absolute atomic E-state index is 0.0911. The third kappa shape index (κ3) is 5.59. The average Bonchev–Trinajstić information content (AvgIpc) is 3.04. The molecule has 0 radical (unpaired) electrons. The first-order valence-corrected chi connectivity index (χ1v) is 9.67. The third-order valence-corrected chi connectivity index (χ3v) is 5.33. The SMILES string of the molecule is O=C(NCCOc1cccc(F)c1)N1CCN(Cc2ccc(Cl)s2)CC1. The van der Waals surface area contributed by atoms with Crippen molar-refractivity contribution in [3.8, 4) is 5.75 Å². The van der Waals surface area contributed by atoms with Crippen LogP contribution in [-0.4, -0.2) is 55.2 Å². The van der Waals surface area contributed by atoms with Gasteiger partial charge in [-0.1, -0.05) is 17.7 Å². The van der Waals surface area contributed by atoms with Crippen LogP contribution in [0.4, 0.5) is 9.18 Å². The Kier molecular flexibility index (Phi) is 6.71. The zero-order chi connectivity index (χ0) is 18.4. The van der Waals surface area contributed by atoms with Crippen LogP contribution >= 0.6 is 22.9 Å². The van der Waals surface area contributed by atoms with Crippen LogP contribution in [0.2, 0.25) is 4.34 Å². The number of carbonyl (C=O) groups is 1. The molecular weight excluding hydrogens is 377 g/mol. The van der Waals surface area contributed by atoms with E-state index in [-0.39, 0.29) is 11.8 Å². The molecule has 1 aliphatic heterocycles. The fraction of sp³-hybridized carbons (Fsp3) is 0.389. The maximum absolute atomic E-state index is 13.1. The quantitative estimate of drug-likeness (QED) is 0.759. The smallest absolute Gasteiger partial charge is 0.317 e. The maximum atomic E-state index is 13.1. The molecule has 2 amide bonds. The number of nitrogens with one attached hydrogen (secondary N) is 1. The summed E-state index contributed by atoms with van der Waals surface area (Å²) in [6.07, 6.45) is 0. The predicted octanol–water partition coefficient (Wildman–Crippen LogP) is 3.45. The fourth-order valence-electron chi connectivity index (χ4n) is 2.76. The summed E-state index contributed by atoms with van der Waals surface area (Å²) in [5, 5.41) is 2.84. The molecule has 26 heavy (non-hydrogen) atoms. The lowest BCUT2D eigenvalue weighted by Gasteiger charge is -2.34. The van der Waals surface area contributed by atoms with Gasteiger partial charge in [-0.25, -0.2) is 9.18 Å². The summed E-state index contributed by atoms with van der Waals surface area (Å²) >= 11 is 7.55. The number of urea groups is 1.